The number of aliphatic hydroxyl groups excluding tert-OH is 1. The van der Waals surface area contributed by atoms with Crippen LogP contribution in [0.4, 0.5) is 0 Å². The fourth-order valence-corrected chi connectivity index (χ4v) is 8.46. The molecule has 8 nitrogen and oxygen atoms in total. The number of rotatable bonds is 6. The van der Waals surface area contributed by atoms with Gasteiger partial charge in [-0.2, -0.15) is 0 Å². The first-order chi connectivity index (χ1) is 16.9. The zero-order valence-corrected chi connectivity index (χ0v) is 22.6. The molecule has 7 atom stereocenters. The molecule has 4 saturated carbocycles. The van der Waals surface area contributed by atoms with Gasteiger partial charge in [0.25, 0.3) is 0 Å². The van der Waals surface area contributed by atoms with Gasteiger partial charge in [0.2, 0.25) is 0 Å². The fraction of sp³-hybridized carbons (Fsp3) is 0.821. The zero-order chi connectivity index (χ0) is 26.7. The second-order valence-electron chi connectivity index (χ2n) is 12.4. The first kappa shape index (κ1) is 28.6. The highest BCUT2D eigenvalue weighted by Gasteiger charge is 2.62. The summed E-state index contributed by atoms with van der Waals surface area (Å²) in [6, 6.07) is 0. The molecule has 1 unspecified atom stereocenters. The van der Waals surface area contributed by atoms with Crippen LogP contribution < -0.4 is 5.32 Å². The van der Waals surface area contributed by atoms with E-state index in [0.29, 0.717) is 30.1 Å². The zero-order valence-electron chi connectivity index (χ0n) is 22.6. The molecule has 0 spiro atoms. The van der Waals surface area contributed by atoms with Crippen molar-refractivity contribution in [3.63, 3.8) is 0 Å². The smallest absolute Gasteiger partial charge is 0.328 e. The Kier molecular flexibility index (Phi) is 8.92. The lowest BCUT2D eigenvalue weighted by molar-refractivity contribution is -0.134. The van der Waals surface area contributed by atoms with Crippen LogP contribution in [0.25, 0.3) is 0 Å². The number of carboxylic acid groups (broad SMARTS) is 2. The van der Waals surface area contributed by atoms with Gasteiger partial charge in [-0.25, -0.2) is 9.59 Å². The monoisotopic (exact) mass is 506 g/mol. The Labute approximate surface area is 215 Å². The molecular weight excluding hydrogens is 460 g/mol. The summed E-state index contributed by atoms with van der Waals surface area (Å²) >= 11 is 0. The van der Waals surface area contributed by atoms with Gasteiger partial charge in [0.15, 0.2) is 0 Å². The molecule has 0 aromatic rings. The van der Waals surface area contributed by atoms with E-state index in [-0.39, 0.29) is 16.9 Å². The lowest BCUT2D eigenvalue weighted by atomic mass is 9.41. The van der Waals surface area contributed by atoms with Crippen LogP contribution in [-0.4, -0.2) is 59.3 Å². The quantitative estimate of drug-likeness (QED) is 0.240. The van der Waals surface area contributed by atoms with E-state index >= 15 is 0 Å². The van der Waals surface area contributed by atoms with Crippen molar-refractivity contribution < 1.29 is 29.7 Å². The Morgan fingerprint density at radius 2 is 1.61 bits per heavy atom. The van der Waals surface area contributed by atoms with E-state index in [1.54, 1.807) is 0 Å². The molecule has 8 heteroatoms. The number of carboxylic acids is 2. The Bertz CT molecular complexity index is 854. The highest BCUT2D eigenvalue weighted by atomic mass is 16.6. The predicted molar refractivity (Wildman–Crippen MR) is 139 cm³/mol. The Morgan fingerprint density at radius 1 is 0.972 bits per heavy atom. The van der Waals surface area contributed by atoms with Crippen LogP contribution in [0.15, 0.2) is 17.3 Å². The van der Waals surface area contributed by atoms with Crippen LogP contribution in [0.3, 0.4) is 0 Å². The van der Waals surface area contributed by atoms with Gasteiger partial charge in [-0.15, -0.1) is 0 Å². The number of fused-ring (bicyclic) bond motifs is 5. The van der Waals surface area contributed by atoms with Crippen molar-refractivity contribution in [2.45, 2.75) is 85.2 Å². The molecule has 0 saturated heterocycles. The van der Waals surface area contributed by atoms with Crippen molar-refractivity contribution in [2.75, 3.05) is 20.2 Å². The van der Waals surface area contributed by atoms with Gasteiger partial charge in [0.1, 0.15) is 6.61 Å². The van der Waals surface area contributed by atoms with E-state index in [4.69, 9.17) is 15.1 Å². The molecule has 0 aromatic carbocycles. The number of aliphatic hydroxyl groups is 1. The Morgan fingerprint density at radius 3 is 2.22 bits per heavy atom. The van der Waals surface area contributed by atoms with Gasteiger partial charge in [0.05, 0.1) is 11.8 Å². The molecule has 0 radical (unpaired) electrons. The summed E-state index contributed by atoms with van der Waals surface area (Å²) in [4.78, 5) is 24.8. The average molecular weight is 507 g/mol. The highest BCUT2D eigenvalue weighted by Crippen LogP contribution is 2.68. The summed E-state index contributed by atoms with van der Waals surface area (Å²) in [7, 11) is 1.95. The summed E-state index contributed by atoms with van der Waals surface area (Å²) in [5, 5.41) is 34.0. The molecule has 0 aromatic heterocycles. The standard InChI is InChI=1S/C24H42N2O2.C4H4O4/c1-22(2)19-8-6-16-17-7-9-21(27)24(17,4)12-10-18(16)23(19,3)13-11-20(22)26-28-15-14-25-5;5-3(6)1-2-4(7)8/h16-19,21,25,27H,6-15H2,1-5H3;1-2H,(H,5,6)(H,7,8)/b26-20+;2-1+/t16-,17-,18-,19?,21-,23+,24-;/m0./s1. The summed E-state index contributed by atoms with van der Waals surface area (Å²) < 4.78 is 0. The minimum Gasteiger partial charge on any atom is -0.478 e. The summed E-state index contributed by atoms with van der Waals surface area (Å²) in [5.74, 6) is 0.554. The maximum Gasteiger partial charge on any atom is 0.328 e. The lowest BCUT2D eigenvalue weighted by Crippen LogP contribution is -2.58. The number of aliphatic carboxylic acids is 2. The van der Waals surface area contributed by atoms with Gasteiger partial charge in [-0.05, 0) is 92.9 Å². The summed E-state index contributed by atoms with van der Waals surface area (Å²) in [6.07, 6.45) is 10.8. The largest absolute Gasteiger partial charge is 0.478 e. The van der Waals surface area contributed by atoms with Crippen LogP contribution in [-0.2, 0) is 14.4 Å². The lowest BCUT2D eigenvalue weighted by Gasteiger charge is -2.63. The Hall–Kier alpha value is -1.93. The number of nitrogens with one attached hydrogen (secondary N) is 1. The number of oxime groups is 1. The molecule has 0 heterocycles. The SMILES string of the molecule is CNCCO/N=C1\CC[C@@]2(C)C(CC[C@H]3[C@@H]4CC[C@H](O)[C@@]4(C)CC[C@@H]32)C1(C)C.O=C(O)/C=C/C(=O)O. The van der Waals surface area contributed by atoms with Crippen molar-refractivity contribution >= 4 is 17.7 Å². The third kappa shape index (κ3) is 5.49. The average Bonchev–Trinajstić information content (AvgIpc) is 3.11. The number of carbonyl (C=O) groups is 2. The first-order valence-corrected chi connectivity index (χ1v) is 13.5. The minimum atomic E-state index is -1.26. The molecule has 36 heavy (non-hydrogen) atoms. The highest BCUT2D eigenvalue weighted by molar-refractivity contribution is 5.90. The topological polar surface area (TPSA) is 128 Å². The Balaban J connectivity index is 0.000000392. The fourth-order valence-electron chi connectivity index (χ4n) is 8.46. The van der Waals surface area contributed by atoms with E-state index in [1.807, 2.05) is 7.05 Å². The minimum absolute atomic E-state index is 0.0692. The molecule has 4 rings (SSSR count). The molecule has 4 aliphatic carbocycles. The predicted octanol–water partition coefficient (Wildman–Crippen LogP) is 4.33. The van der Waals surface area contributed by atoms with E-state index in [9.17, 15) is 14.7 Å². The molecular formula is C28H46N2O6. The molecule has 4 fully saturated rings. The first-order valence-electron chi connectivity index (χ1n) is 13.5. The molecule has 0 bridgehead atoms. The molecule has 4 N–H and O–H groups in total. The van der Waals surface area contributed by atoms with Gasteiger partial charge in [-0.1, -0.05) is 32.9 Å². The summed E-state index contributed by atoms with van der Waals surface area (Å²) in [5.41, 5.74) is 1.99. The number of hydrogen-bond acceptors (Lipinski definition) is 6. The molecule has 204 valence electrons. The van der Waals surface area contributed by atoms with Crippen LogP contribution in [0.1, 0.15) is 79.1 Å². The second kappa shape index (κ2) is 11.2. The molecule has 4 aliphatic rings. The second-order valence-corrected chi connectivity index (χ2v) is 12.4. The maximum atomic E-state index is 10.7. The van der Waals surface area contributed by atoms with E-state index in [0.717, 1.165) is 37.1 Å². The van der Waals surface area contributed by atoms with Crippen LogP contribution in [0, 0.1) is 39.9 Å². The van der Waals surface area contributed by atoms with Crippen molar-refractivity contribution in [3.8, 4) is 0 Å². The normalized spacial score (nSPS) is 39.9. The molecule has 0 amide bonds. The van der Waals surface area contributed by atoms with Gasteiger partial charge in [0, 0.05) is 24.1 Å². The number of hydrogen-bond donors (Lipinski definition) is 4. The van der Waals surface area contributed by atoms with Crippen molar-refractivity contribution in [1.82, 2.24) is 5.32 Å². The van der Waals surface area contributed by atoms with Crippen molar-refractivity contribution in [3.05, 3.63) is 12.2 Å². The third-order valence-electron chi connectivity index (χ3n) is 10.3. The van der Waals surface area contributed by atoms with Crippen molar-refractivity contribution in [1.29, 1.82) is 0 Å². The van der Waals surface area contributed by atoms with E-state index < -0.39 is 11.9 Å². The molecule has 0 aliphatic heterocycles. The van der Waals surface area contributed by atoms with E-state index in [1.165, 1.54) is 44.2 Å². The van der Waals surface area contributed by atoms with Crippen LogP contribution >= 0.6 is 0 Å². The van der Waals surface area contributed by atoms with Gasteiger partial charge < -0.3 is 25.5 Å². The van der Waals surface area contributed by atoms with E-state index in [2.05, 4.69) is 38.2 Å². The summed E-state index contributed by atoms with van der Waals surface area (Å²) in [6.45, 7) is 11.3. The van der Waals surface area contributed by atoms with Crippen molar-refractivity contribution in [2.24, 2.45) is 45.1 Å². The maximum absolute atomic E-state index is 10.7. The third-order valence-corrected chi connectivity index (χ3v) is 10.3. The van der Waals surface area contributed by atoms with Gasteiger partial charge >= 0.3 is 11.9 Å². The number of likely N-dealkylation sites (N-methyl/N-ethyl adjacent to an activating group) is 1. The van der Waals surface area contributed by atoms with Crippen LogP contribution in [0.5, 0.6) is 0 Å². The van der Waals surface area contributed by atoms with Gasteiger partial charge in [-0.3, -0.25) is 0 Å². The van der Waals surface area contributed by atoms with Crippen LogP contribution in [0.2, 0.25) is 0 Å². The number of nitrogens with zero attached hydrogens (tertiary/aromatic N) is 1.